The maximum atomic E-state index is 10.9. The van der Waals surface area contributed by atoms with Crippen molar-refractivity contribution >= 4 is 28.1 Å². The lowest BCUT2D eigenvalue weighted by Gasteiger charge is -2.18. The maximum Gasteiger partial charge on any atom is 0.335 e. The van der Waals surface area contributed by atoms with Gasteiger partial charge in [0.05, 0.1) is 11.3 Å². The number of benzene rings is 2. The molecule has 0 fully saturated rings. The summed E-state index contributed by atoms with van der Waals surface area (Å²) in [7, 11) is 0. The zero-order chi connectivity index (χ0) is 17.2. The largest absolute Gasteiger partial charge is 0.486 e. The topological polar surface area (TPSA) is 80.7 Å². The van der Waals surface area contributed by atoms with Gasteiger partial charge < -0.3 is 19.9 Å². The molecular weight excluding hydrogens is 340 g/mol. The Morgan fingerprint density at radius 2 is 1.84 bits per heavy atom. The van der Waals surface area contributed by atoms with E-state index in [0.29, 0.717) is 13.2 Å². The molecule has 0 spiro atoms. The molecule has 0 saturated carbocycles. The summed E-state index contributed by atoms with van der Waals surface area (Å²) in [6.07, 6.45) is 0. The number of thiazole rings is 1. The third-order valence-corrected chi connectivity index (χ3v) is 4.48. The number of anilines is 2. The highest BCUT2D eigenvalue weighted by molar-refractivity contribution is 7.14. The van der Waals surface area contributed by atoms with Crippen molar-refractivity contribution < 1.29 is 19.4 Å². The zero-order valence-electron chi connectivity index (χ0n) is 13.1. The summed E-state index contributed by atoms with van der Waals surface area (Å²) < 4.78 is 11.1. The molecule has 2 heterocycles. The van der Waals surface area contributed by atoms with Crippen molar-refractivity contribution in [3.05, 3.63) is 53.4 Å². The number of aromatic carboxylic acids is 1. The van der Waals surface area contributed by atoms with Crippen LogP contribution in [-0.4, -0.2) is 29.3 Å². The Kier molecular flexibility index (Phi) is 3.99. The lowest BCUT2D eigenvalue weighted by atomic mass is 10.1. The number of carboxylic acid groups (broad SMARTS) is 1. The summed E-state index contributed by atoms with van der Waals surface area (Å²) in [5.41, 5.74) is 2.83. The summed E-state index contributed by atoms with van der Waals surface area (Å²) >= 11 is 1.48. The number of carbonyl (C=O) groups is 1. The van der Waals surface area contributed by atoms with Crippen molar-refractivity contribution in [2.45, 2.75) is 0 Å². The molecule has 7 heteroatoms. The molecule has 4 rings (SSSR count). The second-order valence-electron chi connectivity index (χ2n) is 5.40. The van der Waals surface area contributed by atoms with E-state index in [0.717, 1.165) is 33.6 Å². The number of rotatable bonds is 4. The van der Waals surface area contributed by atoms with Gasteiger partial charge in [-0.15, -0.1) is 11.3 Å². The number of nitrogens with zero attached hydrogens (tertiary/aromatic N) is 1. The Morgan fingerprint density at radius 1 is 1.08 bits per heavy atom. The molecule has 0 atom stereocenters. The predicted molar refractivity (Wildman–Crippen MR) is 95.2 cm³/mol. The van der Waals surface area contributed by atoms with Crippen LogP contribution in [0.1, 0.15) is 10.4 Å². The highest BCUT2D eigenvalue weighted by atomic mass is 32.1. The van der Waals surface area contributed by atoms with Gasteiger partial charge in [-0.25, -0.2) is 9.78 Å². The quantitative estimate of drug-likeness (QED) is 0.736. The van der Waals surface area contributed by atoms with Gasteiger partial charge >= 0.3 is 5.97 Å². The van der Waals surface area contributed by atoms with Crippen LogP contribution in [0, 0.1) is 0 Å². The minimum atomic E-state index is -0.943. The highest BCUT2D eigenvalue weighted by Crippen LogP contribution is 2.35. The van der Waals surface area contributed by atoms with Gasteiger partial charge in [0.15, 0.2) is 16.6 Å². The van der Waals surface area contributed by atoms with Crippen LogP contribution < -0.4 is 14.8 Å². The summed E-state index contributed by atoms with van der Waals surface area (Å²) in [5, 5.41) is 14.8. The number of carboxylic acids is 1. The molecule has 1 aliphatic heterocycles. The molecule has 126 valence electrons. The first-order valence-electron chi connectivity index (χ1n) is 7.65. The normalized spacial score (nSPS) is 12.6. The van der Waals surface area contributed by atoms with E-state index >= 15 is 0 Å². The van der Waals surface area contributed by atoms with Crippen LogP contribution >= 0.6 is 11.3 Å². The summed E-state index contributed by atoms with van der Waals surface area (Å²) in [6.45, 7) is 1.12. The fourth-order valence-electron chi connectivity index (χ4n) is 2.49. The van der Waals surface area contributed by atoms with Gasteiger partial charge in [0.2, 0.25) is 0 Å². The standard InChI is InChI=1S/C18H14N2O4S/c21-17(22)11-1-4-13(5-2-11)19-18-20-14(10-25-18)12-3-6-15-16(9-12)24-8-7-23-15/h1-6,9-10H,7-8H2,(H,19,20)(H,21,22). The molecule has 0 saturated heterocycles. The Morgan fingerprint density at radius 3 is 2.60 bits per heavy atom. The molecule has 0 bridgehead atoms. The van der Waals surface area contributed by atoms with E-state index in [4.69, 9.17) is 14.6 Å². The van der Waals surface area contributed by atoms with Crippen LogP contribution in [0.5, 0.6) is 11.5 Å². The summed E-state index contributed by atoms with van der Waals surface area (Å²) in [6, 6.07) is 12.3. The number of ether oxygens (including phenoxy) is 2. The number of fused-ring (bicyclic) bond motifs is 1. The van der Waals surface area contributed by atoms with Gasteiger partial charge in [-0.05, 0) is 42.5 Å². The fraction of sp³-hybridized carbons (Fsp3) is 0.111. The van der Waals surface area contributed by atoms with Gasteiger partial charge in [-0.3, -0.25) is 0 Å². The first-order valence-corrected chi connectivity index (χ1v) is 8.53. The number of nitrogens with one attached hydrogen (secondary N) is 1. The SMILES string of the molecule is O=C(O)c1ccc(Nc2nc(-c3ccc4c(c3)OCCO4)cs2)cc1. The zero-order valence-corrected chi connectivity index (χ0v) is 13.9. The Hall–Kier alpha value is -3.06. The van der Waals surface area contributed by atoms with Crippen LogP contribution in [0.15, 0.2) is 47.8 Å². The first-order chi connectivity index (χ1) is 12.2. The van der Waals surface area contributed by atoms with E-state index in [9.17, 15) is 4.79 Å². The minimum absolute atomic E-state index is 0.252. The highest BCUT2D eigenvalue weighted by Gasteiger charge is 2.14. The van der Waals surface area contributed by atoms with E-state index in [1.807, 2.05) is 23.6 Å². The third-order valence-electron chi connectivity index (χ3n) is 3.73. The average Bonchev–Trinajstić information content (AvgIpc) is 3.10. The lowest BCUT2D eigenvalue weighted by molar-refractivity contribution is 0.0697. The number of aromatic nitrogens is 1. The van der Waals surface area contributed by atoms with Gasteiger partial charge in [-0.2, -0.15) is 0 Å². The second-order valence-corrected chi connectivity index (χ2v) is 6.26. The van der Waals surface area contributed by atoms with Gasteiger partial charge in [-0.1, -0.05) is 0 Å². The number of hydrogen-bond donors (Lipinski definition) is 2. The molecule has 2 N–H and O–H groups in total. The van der Waals surface area contributed by atoms with Crippen molar-refractivity contribution in [2.24, 2.45) is 0 Å². The minimum Gasteiger partial charge on any atom is -0.486 e. The van der Waals surface area contributed by atoms with Crippen molar-refractivity contribution in [1.82, 2.24) is 4.98 Å². The first kappa shape index (κ1) is 15.5. The third kappa shape index (κ3) is 3.27. The van der Waals surface area contributed by atoms with Gasteiger partial charge in [0.25, 0.3) is 0 Å². The molecule has 0 amide bonds. The molecule has 0 radical (unpaired) electrons. The molecular formula is C18H14N2O4S. The maximum absolute atomic E-state index is 10.9. The molecule has 1 aromatic heterocycles. The van der Waals surface area contributed by atoms with E-state index < -0.39 is 5.97 Å². The van der Waals surface area contributed by atoms with E-state index in [2.05, 4.69) is 10.3 Å². The number of hydrogen-bond acceptors (Lipinski definition) is 6. The predicted octanol–water partition coefficient (Wildman–Crippen LogP) is 4.02. The second kappa shape index (κ2) is 6.45. The van der Waals surface area contributed by atoms with Crippen LogP contribution in [0.4, 0.5) is 10.8 Å². The van der Waals surface area contributed by atoms with Crippen LogP contribution in [0.25, 0.3) is 11.3 Å². The summed E-state index contributed by atoms with van der Waals surface area (Å²) in [5.74, 6) is 0.541. The van der Waals surface area contributed by atoms with Crippen molar-refractivity contribution in [2.75, 3.05) is 18.5 Å². The molecule has 0 aliphatic carbocycles. The molecule has 6 nitrogen and oxygen atoms in total. The molecule has 25 heavy (non-hydrogen) atoms. The Bertz CT molecular complexity index is 921. The van der Waals surface area contributed by atoms with Crippen LogP contribution in [0.3, 0.4) is 0 Å². The average molecular weight is 354 g/mol. The van der Waals surface area contributed by atoms with Crippen molar-refractivity contribution in [3.63, 3.8) is 0 Å². The smallest absolute Gasteiger partial charge is 0.335 e. The Balaban J connectivity index is 1.53. The van der Waals surface area contributed by atoms with Crippen molar-refractivity contribution in [1.29, 1.82) is 0 Å². The van der Waals surface area contributed by atoms with Crippen LogP contribution in [0.2, 0.25) is 0 Å². The lowest BCUT2D eigenvalue weighted by Crippen LogP contribution is -2.15. The Labute approximate surface area is 147 Å². The van der Waals surface area contributed by atoms with E-state index in [1.54, 1.807) is 24.3 Å². The fourth-order valence-corrected chi connectivity index (χ4v) is 3.23. The van der Waals surface area contributed by atoms with Gasteiger partial charge in [0, 0.05) is 16.6 Å². The van der Waals surface area contributed by atoms with E-state index in [1.165, 1.54) is 11.3 Å². The van der Waals surface area contributed by atoms with E-state index in [-0.39, 0.29) is 5.56 Å². The monoisotopic (exact) mass is 354 g/mol. The molecule has 3 aromatic rings. The molecule has 1 aliphatic rings. The molecule has 2 aromatic carbocycles. The summed E-state index contributed by atoms with van der Waals surface area (Å²) in [4.78, 5) is 15.5. The van der Waals surface area contributed by atoms with Gasteiger partial charge in [0.1, 0.15) is 13.2 Å². The van der Waals surface area contributed by atoms with Crippen LogP contribution in [-0.2, 0) is 0 Å². The molecule has 0 unspecified atom stereocenters. The van der Waals surface area contributed by atoms with Crippen molar-refractivity contribution in [3.8, 4) is 22.8 Å².